The highest BCUT2D eigenvalue weighted by molar-refractivity contribution is 8.13. The van der Waals surface area contributed by atoms with E-state index >= 15 is 8.78 Å². The molecule has 0 aromatic carbocycles. The Bertz CT molecular complexity index is 1270. The van der Waals surface area contributed by atoms with Gasteiger partial charge in [-0.15, -0.1) is 11.3 Å². The zero-order valence-corrected chi connectivity index (χ0v) is 23.1. The normalized spacial score (nSPS) is 43.6. The van der Waals surface area contributed by atoms with Gasteiger partial charge in [0.15, 0.2) is 17.1 Å². The lowest BCUT2D eigenvalue weighted by Gasteiger charge is -2.63. The Balaban J connectivity index is 1.64. The van der Waals surface area contributed by atoms with E-state index in [9.17, 15) is 23.9 Å². The van der Waals surface area contributed by atoms with Gasteiger partial charge in [-0.1, -0.05) is 19.9 Å². The topological polar surface area (TPSA) is 93.6 Å². The molecule has 4 aliphatic carbocycles. The highest BCUT2D eigenvalue weighted by atomic mass is 32.2. The highest BCUT2D eigenvalue weighted by Gasteiger charge is 2.78. The van der Waals surface area contributed by atoms with E-state index in [0.29, 0.717) is 17.5 Å². The minimum Gasteiger partial charge on any atom is -0.445 e. The molecule has 4 aliphatic rings. The number of aliphatic hydroxyl groups excluding tert-OH is 1. The van der Waals surface area contributed by atoms with Crippen molar-refractivity contribution in [3.63, 3.8) is 0 Å². The second kappa shape index (κ2) is 9.02. The van der Waals surface area contributed by atoms with Gasteiger partial charge in [0.1, 0.15) is 17.1 Å². The molecule has 1 aromatic heterocycles. The van der Waals surface area contributed by atoms with Gasteiger partial charge in [-0.3, -0.25) is 9.59 Å². The van der Waals surface area contributed by atoms with E-state index < -0.39 is 75.0 Å². The Morgan fingerprint density at radius 2 is 2.00 bits per heavy atom. The van der Waals surface area contributed by atoms with Crippen molar-refractivity contribution in [2.75, 3.05) is 6.01 Å². The van der Waals surface area contributed by atoms with Gasteiger partial charge in [-0.05, 0) is 68.5 Å². The molecule has 1 N–H and O–H groups in total. The van der Waals surface area contributed by atoms with Crippen molar-refractivity contribution < 1.29 is 37.4 Å². The first kappa shape index (κ1) is 27.6. The molecule has 6 nitrogen and oxygen atoms in total. The number of aryl methyl sites for hydroxylation is 1. The first-order valence-corrected chi connectivity index (χ1v) is 14.5. The summed E-state index contributed by atoms with van der Waals surface area (Å²) in [6.45, 7) is 6.48. The fraction of sp³-hybridized carbons (Fsp3) is 0.630. The number of ketones is 1. The van der Waals surface area contributed by atoms with Crippen LogP contribution >= 0.6 is 23.1 Å². The number of hydrogen-bond acceptors (Lipinski definition) is 8. The van der Waals surface area contributed by atoms with Crippen LogP contribution in [0.5, 0.6) is 0 Å². The maximum atomic E-state index is 17.4. The second-order valence-corrected chi connectivity index (χ2v) is 13.2. The number of carbonyl (C=O) groups excluding carboxylic acids is 3. The number of ether oxygens (including phenoxy) is 1. The molecule has 0 bridgehead atoms. The van der Waals surface area contributed by atoms with E-state index in [1.165, 1.54) is 24.6 Å². The quantitative estimate of drug-likeness (QED) is 0.505. The van der Waals surface area contributed by atoms with Crippen LogP contribution in [0.1, 0.15) is 55.4 Å². The third-order valence-electron chi connectivity index (χ3n) is 9.84. The number of thiazole rings is 1. The van der Waals surface area contributed by atoms with E-state index in [0.717, 1.165) is 17.4 Å². The first-order chi connectivity index (χ1) is 17.8. The molecule has 0 radical (unpaired) electrons. The fourth-order valence-corrected chi connectivity index (χ4v) is 9.53. The molecule has 1 heterocycles. The lowest BCUT2D eigenvalue weighted by molar-refractivity contribution is -0.221. The lowest BCUT2D eigenvalue weighted by Crippen LogP contribution is -2.70. The standard InChI is InChI=1S/C27H30F3NO5S2/c1-13-7-16-17-9-19(29)18-8-15(32)5-6-24(18,3)26(17,30)20(33)10-25(16,4)27(13,23(35)37-11-28)36-22(34)21-14(2)31-12-38-21/h5-6,8,12-13,16-17,19-20,33H,7,9-11H2,1-4H3/t13-,16-,17-,19-,20-,24-,25-,26-,27-/m0/s1. The molecule has 0 saturated heterocycles. The molecule has 0 aliphatic heterocycles. The number of hydrogen-bond donors (Lipinski definition) is 1. The number of rotatable bonds is 4. The predicted octanol–water partition coefficient (Wildman–Crippen LogP) is 5.10. The van der Waals surface area contributed by atoms with Crippen molar-refractivity contribution in [3.8, 4) is 0 Å². The van der Waals surface area contributed by atoms with E-state index in [-0.39, 0.29) is 29.7 Å². The van der Waals surface area contributed by atoms with Crippen LogP contribution in [0.2, 0.25) is 0 Å². The summed E-state index contributed by atoms with van der Waals surface area (Å²) in [7, 11) is 0. The van der Waals surface area contributed by atoms with Crippen LogP contribution in [-0.4, -0.2) is 56.5 Å². The van der Waals surface area contributed by atoms with Crippen molar-refractivity contribution in [1.82, 2.24) is 4.98 Å². The number of alkyl halides is 3. The Kier molecular flexibility index (Phi) is 6.55. The van der Waals surface area contributed by atoms with E-state index in [2.05, 4.69) is 4.98 Å². The van der Waals surface area contributed by atoms with Crippen molar-refractivity contribution in [2.45, 2.75) is 70.5 Å². The molecule has 11 heteroatoms. The summed E-state index contributed by atoms with van der Waals surface area (Å²) in [6.07, 6.45) is -0.0246. The van der Waals surface area contributed by atoms with Crippen LogP contribution in [0.25, 0.3) is 0 Å². The Hall–Kier alpha value is -1.98. The summed E-state index contributed by atoms with van der Waals surface area (Å²) in [6, 6.07) is -1.05. The third kappa shape index (κ3) is 3.36. The van der Waals surface area contributed by atoms with Crippen molar-refractivity contribution in [3.05, 3.63) is 39.9 Å². The summed E-state index contributed by atoms with van der Waals surface area (Å²) in [5.74, 6) is -3.63. The van der Waals surface area contributed by atoms with Gasteiger partial charge in [0.05, 0.1) is 17.3 Å². The number of aliphatic hydroxyl groups is 1. The van der Waals surface area contributed by atoms with Gasteiger partial charge >= 0.3 is 5.97 Å². The molecular formula is C27H30F3NO5S2. The largest absolute Gasteiger partial charge is 0.445 e. The number of thioether (sulfide) groups is 1. The molecule has 3 saturated carbocycles. The maximum Gasteiger partial charge on any atom is 0.351 e. The number of aromatic nitrogens is 1. The zero-order chi connectivity index (χ0) is 27.8. The minimum atomic E-state index is -2.34. The van der Waals surface area contributed by atoms with E-state index in [1.807, 2.05) is 0 Å². The molecule has 9 atom stereocenters. The summed E-state index contributed by atoms with van der Waals surface area (Å²) in [4.78, 5) is 43.3. The summed E-state index contributed by atoms with van der Waals surface area (Å²) < 4.78 is 52.7. The summed E-state index contributed by atoms with van der Waals surface area (Å²) in [5.41, 5.74) is -5.23. The van der Waals surface area contributed by atoms with E-state index in [4.69, 9.17) is 4.74 Å². The van der Waals surface area contributed by atoms with E-state index in [1.54, 1.807) is 20.8 Å². The van der Waals surface area contributed by atoms with Gasteiger partial charge in [0.2, 0.25) is 5.12 Å². The van der Waals surface area contributed by atoms with Crippen LogP contribution in [0.4, 0.5) is 13.2 Å². The lowest BCUT2D eigenvalue weighted by atomic mass is 9.44. The van der Waals surface area contributed by atoms with Gasteiger partial charge in [0.25, 0.3) is 0 Å². The number of nitrogens with zero attached hydrogens (tertiary/aromatic N) is 1. The Labute approximate surface area is 227 Å². The number of allylic oxidation sites excluding steroid dienone is 4. The number of esters is 1. The molecule has 5 rings (SSSR count). The Morgan fingerprint density at radius 1 is 1.29 bits per heavy atom. The molecule has 38 heavy (non-hydrogen) atoms. The van der Waals surface area contributed by atoms with Crippen molar-refractivity contribution in [2.24, 2.45) is 28.6 Å². The van der Waals surface area contributed by atoms with Gasteiger partial charge in [0, 0.05) is 22.7 Å². The van der Waals surface area contributed by atoms with Crippen LogP contribution in [0, 0.1) is 35.5 Å². The minimum absolute atomic E-state index is 0.000119. The molecule has 0 spiro atoms. The highest BCUT2D eigenvalue weighted by Crippen LogP contribution is 2.72. The second-order valence-electron chi connectivity index (χ2n) is 11.4. The SMILES string of the molecule is Cc1ncsc1C(=O)O[C@]1(C(=O)SCF)[C@@H](C)C[C@H]2[C@@H]3C[C@H](F)C4=CC(=O)C=C[C@]4(C)[C@@]3(F)[C@@H](O)C[C@@]21C. The van der Waals surface area contributed by atoms with Crippen LogP contribution in [0.3, 0.4) is 0 Å². The smallest absolute Gasteiger partial charge is 0.351 e. The zero-order valence-electron chi connectivity index (χ0n) is 21.5. The summed E-state index contributed by atoms with van der Waals surface area (Å²) in [5, 5.41) is 10.8. The van der Waals surface area contributed by atoms with Crippen molar-refractivity contribution >= 4 is 40.0 Å². The average Bonchev–Trinajstić information content (AvgIpc) is 3.37. The van der Waals surface area contributed by atoms with Crippen LogP contribution in [-0.2, 0) is 14.3 Å². The molecular weight excluding hydrogens is 539 g/mol. The monoisotopic (exact) mass is 569 g/mol. The predicted molar refractivity (Wildman–Crippen MR) is 137 cm³/mol. The number of fused-ring (bicyclic) bond motifs is 5. The van der Waals surface area contributed by atoms with Crippen LogP contribution in [0.15, 0.2) is 29.3 Å². The van der Waals surface area contributed by atoms with Gasteiger partial charge in [-0.25, -0.2) is 22.9 Å². The van der Waals surface area contributed by atoms with Gasteiger partial charge < -0.3 is 9.84 Å². The molecule has 0 amide bonds. The average molecular weight is 570 g/mol. The number of carbonyl (C=O) groups is 3. The van der Waals surface area contributed by atoms with Crippen LogP contribution < -0.4 is 0 Å². The molecule has 1 aromatic rings. The molecule has 206 valence electrons. The number of halogens is 3. The molecule has 0 unspecified atom stereocenters. The maximum absolute atomic E-state index is 17.4. The fourth-order valence-electron chi connectivity index (χ4n) is 8.06. The Morgan fingerprint density at radius 3 is 2.63 bits per heavy atom. The van der Waals surface area contributed by atoms with Crippen molar-refractivity contribution in [1.29, 1.82) is 0 Å². The summed E-state index contributed by atoms with van der Waals surface area (Å²) >= 11 is 1.42. The third-order valence-corrected chi connectivity index (χ3v) is 11.4. The van der Waals surface area contributed by atoms with Gasteiger partial charge in [-0.2, -0.15) is 0 Å². The molecule has 3 fully saturated rings. The first-order valence-electron chi connectivity index (χ1n) is 12.6.